The summed E-state index contributed by atoms with van der Waals surface area (Å²) in [6, 6.07) is 10.8. The number of nitrogens with one attached hydrogen (secondary N) is 1. The van der Waals surface area contributed by atoms with Gasteiger partial charge in [0, 0.05) is 42.3 Å². The van der Waals surface area contributed by atoms with Crippen molar-refractivity contribution in [2.45, 2.75) is 63.8 Å². The molecule has 1 saturated heterocycles. The van der Waals surface area contributed by atoms with Gasteiger partial charge in [0.2, 0.25) is 5.91 Å². The van der Waals surface area contributed by atoms with Crippen LogP contribution in [0.5, 0.6) is 0 Å². The Bertz CT molecular complexity index is 1240. The summed E-state index contributed by atoms with van der Waals surface area (Å²) in [4.78, 5) is 24.3. The van der Waals surface area contributed by atoms with Gasteiger partial charge in [0.15, 0.2) is 0 Å². The number of fused-ring (bicyclic) bond motifs is 2. The second-order valence-corrected chi connectivity index (χ2v) is 10.2. The van der Waals surface area contributed by atoms with Gasteiger partial charge in [-0.1, -0.05) is 18.9 Å². The van der Waals surface area contributed by atoms with Gasteiger partial charge in [-0.25, -0.2) is 4.98 Å². The Morgan fingerprint density at radius 3 is 2.57 bits per heavy atom. The normalized spacial score (nSPS) is 20.0. The first-order valence-corrected chi connectivity index (χ1v) is 12.9. The monoisotopic (exact) mass is 491 g/mol. The van der Waals surface area contributed by atoms with Gasteiger partial charge >= 0.3 is 0 Å². The molecule has 1 aliphatic heterocycles. The largest absolute Gasteiger partial charge is 0.369 e. The third-order valence-electron chi connectivity index (χ3n) is 7.57. The lowest BCUT2D eigenvalue weighted by Gasteiger charge is -2.27. The van der Waals surface area contributed by atoms with E-state index in [1.165, 1.54) is 48.0 Å². The second-order valence-electron chi connectivity index (χ2n) is 10.2. The fourth-order valence-corrected chi connectivity index (χ4v) is 5.54. The van der Waals surface area contributed by atoms with Crippen LogP contribution in [-0.4, -0.2) is 35.0 Å². The summed E-state index contributed by atoms with van der Waals surface area (Å²) in [5.74, 6) is 0.862. The molecule has 6 rings (SSSR count). The van der Waals surface area contributed by atoms with E-state index in [0.717, 1.165) is 61.8 Å². The summed E-state index contributed by atoms with van der Waals surface area (Å²) >= 11 is 0. The van der Waals surface area contributed by atoms with E-state index < -0.39 is 0 Å². The SMILES string of the molecule is Cl.N[C@H]1CCN(c2c3c(nc4ccc(-c5ccnc(NC(=O)C6CC6)c5)cc24)CCCCCC3)C1. The standard InChI is InChI=1S/C28H33N5O.ClH/c29-21-12-14-33(17-21)27-22-5-3-1-2-4-6-24(22)31-25-10-9-19(15-23(25)27)20-11-13-30-26(16-20)32-28(34)18-7-8-18;/h9-11,13,15-16,18,21H,1-8,12,14,17,29H2,(H,30,32,34);1H/t21-;/m0./s1. The highest BCUT2D eigenvalue weighted by Gasteiger charge is 2.30. The summed E-state index contributed by atoms with van der Waals surface area (Å²) in [5, 5.41) is 4.20. The van der Waals surface area contributed by atoms with Crippen molar-refractivity contribution in [2.24, 2.45) is 11.7 Å². The highest BCUT2D eigenvalue weighted by atomic mass is 35.5. The molecule has 2 fully saturated rings. The highest BCUT2D eigenvalue weighted by molar-refractivity contribution is 5.98. The van der Waals surface area contributed by atoms with Crippen LogP contribution in [0.25, 0.3) is 22.0 Å². The zero-order valence-electron chi connectivity index (χ0n) is 20.1. The fourth-order valence-electron chi connectivity index (χ4n) is 5.54. The molecule has 7 heteroatoms. The van der Waals surface area contributed by atoms with Crippen LogP contribution >= 0.6 is 12.4 Å². The molecule has 1 saturated carbocycles. The van der Waals surface area contributed by atoms with Gasteiger partial charge in [0.1, 0.15) is 5.82 Å². The van der Waals surface area contributed by atoms with Gasteiger partial charge in [-0.05, 0) is 85.9 Å². The van der Waals surface area contributed by atoms with E-state index in [4.69, 9.17) is 10.7 Å². The van der Waals surface area contributed by atoms with Crippen LogP contribution in [0.15, 0.2) is 36.5 Å². The molecule has 35 heavy (non-hydrogen) atoms. The third-order valence-corrected chi connectivity index (χ3v) is 7.57. The summed E-state index contributed by atoms with van der Waals surface area (Å²) < 4.78 is 0. The van der Waals surface area contributed by atoms with Gasteiger partial charge in [0.05, 0.1) is 11.2 Å². The van der Waals surface area contributed by atoms with Gasteiger partial charge in [0.25, 0.3) is 0 Å². The van der Waals surface area contributed by atoms with Gasteiger partial charge in [-0.2, -0.15) is 0 Å². The topological polar surface area (TPSA) is 84.1 Å². The van der Waals surface area contributed by atoms with Crippen molar-refractivity contribution in [3.63, 3.8) is 0 Å². The molecule has 2 aromatic heterocycles. The summed E-state index contributed by atoms with van der Waals surface area (Å²) in [5.41, 5.74) is 13.7. The Hall–Kier alpha value is -2.70. The highest BCUT2D eigenvalue weighted by Crippen LogP contribution is 2.38. The zero-order valence-corrected chi connectivity index (χ0v) is 20.9. The van der Waals surface area contributed by atoms with Crippen LogP contribution < -0.4 is 16.0 Å². The van der Waals surface area contributed by atoms with E-state index in [-0.39, 0.29) is 30.3 Å². The Morgan fingerprint density at radius 2 is 1.80 bits per heavy atom. The number of aryl methyl sites for hydroxylation is 1. The Kier molecular flexibility index (Phi) is 6.94. The van der Waals surface area contributed by atoms with Crippen LogP contribution in [0.2, 0.25) is 0 Å². The van der Waals surface area contributed by atoms with Crippen LogP contribution in [0, 0.1) is 5.92 Å². The lowest BCUT2D eigenvalue weighted by molar-refractivity contribution is -0.117. The molecule has 0 bridgehead atoms. The molecule has 3 heterocycles. The van der Waals surface area contributed by atoms with E-state index in [1.54, 1.807) is 6.20 Å². The van der Waals surface area contributed by atoms with Crippen molar-refractivity contribution in [1.82, 2.24) is 9.97 Å². The molecule has 0 radical (unpaired) electrons. The number of hydrogen-bond donors (Lipinski definition) is 2. The molecule has 184 valence electrons. The number of nitrogens with zero attached hydrogens (tertiary/aromatic N) is 3. The minimum Gasteiger partial charge on any atom is -0.369 e. The van der Waals surface area contributed by atoms with E-state index in [2.05, 4.69) is 33.4 Å². The Morgan fingerprint density at radius 1 is 1.00 bits per heavy atom. The molecule has 1 amide bonds. The first-order chi connectivity index (χ1) is 16.7. The molecule has 0 spiro atoms. The van der Waals surface area contributed by atoms with Crippen LogP contribution in [0.4, 0.5) is 11.5 Å². The van der Waals surface area contributed by atoms with Crippen molar-refractivity contribution in [1.29, 1.82) is 0 Å². The minimum atomic E-state index is 0. The zero-order chi connectivity index (χ0) is 23.1. The van der Waals surface area contributed by atoms with Gasteiger partial charge < -0.3 is 16.0 Å². The Labute approximate surface area is 213 Å². The number of pyridine rings is 2. The molecular weight excluding hydrogens is 458 g/mol. The third kappa shape index (κ3) is 5.00. The van der Waals surface area contributed by atoms with E-state index >= 15 is 0 Å². The average Bonchev–Trinajstić information content (AvgIpc) is 3.60. The average molecular weight is 492 g/mol. The van der Waals surface area contributed by atoms with Crippen LogP contribution in [0.3, 0.4) is 0 Å². The number of nitrogens with two attached hydrogens (primary N) is 1. The van der Waals surface area contributed by atoms with Gasteiger partial charge in [-0.15, -0.1) is 12.4 Å². The van der Waals surface area contributed by atoms with Gasteiger partial charge in [-0.3, -0.25) is 9.78 Å². The first kappa shape index (κ1) is 24.0. The summed E-state index contributed by atoms with van der Waals surface area (Å²) in [7, 11) is 0. The maximum atomic E-state index is 12.2. The van der Waals surface area contributed by atoms with Crippen molar-refractivity contribution in [3.05, 3.63) is 47.8 Å². The lowest BCUT2D eigenvalue weighted by atomic mass is 9.92. The van der Waals surface area contributed by atoms with E-state index in [9.17, 15) is 4.79 Å². The molecule has 0 unspecified atom stereocenters. The maximum absolute atomic E-state index is 12.2. The number of hydrogen-bond acceptors (Lipinski definition) is 5. The second kappa shape index (κ2) is 10.1. The molecule has 1 aromatic carbocycles. The molecule has 3 aliphatic rings. The summed E-state index contributed by atoms with van der Waals surface area (Å²) in [6.07, 6.45) is 12.0. The Balaban J connectivity index is 0.00000253. The molecule has 6 nitrogen and oxygen atoms in total. The number of amides is 1. The molecule has 1 atom stereocenters. The number of carbonyl (C=O) groups is 1. The number of rotatable bonds is 4. The molecule has 3 N–H and O–H groups in total. The smallest absolute Gasteiger partial charge is 0.228 e. The first-order valence-electron chi connectivity index (χ1n) is 12.9. The number of anilines is 2. The molecule has 3 aromatic rings. The van der Waals surface area contributed by atoms with Crippen molar-refractivity contribution in [3.8, 4) is 11.1 Å². The maximum Gasteiger partial charge on any atom is 0.228 e. The van der Waals surface area contributed by atoms with Crippen molar-refractivity contribution in [2.75, 3.05) is 23.3 Å². The van der Waals surface area contributed by atoms with Crippen molar-refractivity contribution < 1.29 is 4.79 Å². The quantitative estimate of drug-likeness (QED) is 0.519. The minimum absolute atomic E-state index is 0. The predicted molar refractivity (Wildman–Crippen MR) is 144 cm³/mol. The molecule has 2 aliphatic carbocycles. The van der Waals surface area contributed by atoms with Crippen LogP contribution in [0.1, 0.15) is 56.2 Å². The fraction of sp³-hybridized carbons (Fsp3) is 0.464. The summed E-state index contributed by atoms with van der Waals surface area (Å²) in [6.45, 7) is 1.91. The van der Waals surface area contributed by atoms with Crippen LogP contribution in [-0.2, 0) is 17.6 Å². The van der Waals surface area contributed by atoms with Crippen molar-refractivity contribution >= 4 is 40.7 Å². The predicted octanol–water partition coefficient (Wildman–Crippen LogP) is 5.26. The number of aromatic nitrogens is 2. The number of benzene rings is 1. The number of carbonyl (C=O) groups excluding carboxylic acids is 1. The van der Waals surface area contributed by atoms with E-state index in [0.29, 0.717) is 5.82 Å². The number of halogens is 1. The van der Waals surface area contributed by atoms with E-state index in [1.807, 2.05) is 12.1 Å². The molecular formula is C28H34ClN5O. The lowest BCUT2D eigenvalue weighted by Crippen LogP contribution is -2.27.